The number of rotatable bonds is 8. The van der Waals surface area contributed by atoms with Crippen molar-refractivity contribution in [2.75, 3.05) is 52.4 Å². The second-order valence-corrected chi connectivity index (χ2v) is 14.7. The van der Waals surface area contributed by atoms with E-state index in [1.54, 1.807) is 0 Å². The first-order valence-corrected chi connectivity index (χ1v) is 15.1. The number of piperazine rings is 1. The molecule has 10 heteroatoms. The number of aliphatic hydroxyl groups excluding tert-OH is 2. The Labute approximate surface area is 238 Å². The first kappa shape index (κ1) is 29.6. The Hall–Kier alpha value is -1.88. The summed E-state index contributed by atoms with van der Waals surface area (Å²) in [4.78, 5) is 59.6. The maximum Gasteiger partial charge on any atom is 0.235 e. The van der Waals surface area contributed by atoms with Gasteiger partial charge in [0.2, 0.25) is 23.6 Å². The van der Waals surface area contributed by atoms with E-state index in [0.29, 0.717) is 65.0 Å². The zero-order chi connectivity index (χ0) is 29.4. The normalized spacial score (nSPS) is 37.4. The van der Waals surface area contributed by atoms with Crippen molar-refractivity contribution in [3.63, 3.8) is 0 Å². The quantitative estimate of drug-likeness (QED) is 0.421. The number of imide groups is 2. The highest BCUT2D eigenvalue weighted by Gasteiger charge is 2.65. The lowest BCUT2D eigenvalue weighted by Gasteiger charge is -2.48. The van der Waals surface area contributed by atoms with Crippen molar-refractivity contribution in [1.82, 2.24) is 19.6 Å². The molecule has 4 amide bonds. The number of likely N-dealkylation sites (tertiary alicyclic amines) is 2. The fourth-order valence-corrected chi connectivity index (χ4v) is 8.44. The van der Waals surface area contributed by atoms with E-state index in [4.69, 9.17) is 0 Å². The molecule has 0 radical (unpaired) electrons. The van der Waals surface area contributed by atoms with Crippen LogP contribution in [0.4, 0.5) is 0 Å². The van der Waals surface area contributed by atoms with Crippen molar-refractivity contribution < 1.29 is 29.4 Å². The van der Waals surface area contributed by atoms with Gasteiger partial charge in [0.25, 0.3) is 0 Å². The molecule has 2 N–H and O–H groups in total. The first-order chi connectivity index (χ1) is 18.5. The monoisotopic (exact) mass is 560 g/mol. The highest BCUT2D eigenvalue weighted by molar-refractivity contribution is 6.04. The third-order valence-corrected chi connectivity index (χ3v) is 12.2. The zero-order valence-electron chi connectivity index (χ0n) is 25.1. The maximum absolute atomic E-state index is 13.3. The van der Waals surface area contributed by atoms with Crippen LogP contribution in [0.5, 0.6) is 0 Å². The second-order valence-electron chi connectivity index (χ2n) is 14.7. The van der Waals surface area contributed by atoms with Crippen molar-refractivity contribution in [2.24, 2.45) is 33.5 Å². The molecule has 6 atom stereocenters. The number of carbonyl (C=O) groups excluding carboxylic acids is 4. The van der Waals surface area contributed by atoms with Crippen LogP contribution in [0.3, 0.4) is 0 Å². The van der Waals surface area contributed by atoms with Crippen LogP contribution in [-0.4, -0.2) is 118 Å². The minimum atomic E-state index is -0.827. The Morgan fingerprint density at radius 3 is 1.27 bits per heavy atom. The van der Waals surface area contributed by atoms with E-state index in [2.05, 4.69) is 9.80 Å². The van der Waals surface area contributed by atoms with Gasteiger partial charge in [-0.25, -0.2) is 0 Å². The van der Waals surface area contributed by atoms with Crippen LogP contribution in [0.1, 0.15) is 67.2 Å². The molecule has 3 saturated heterocycles. The molecule has 3 aliphatic heterocycles. The number of β-amino-alcohol motifs (C(OH)–C–C–N with tert-alkyl or cyclic N) is 2. The highest BCUT2D eigenvalue weighted by atomic mass is 16.3. The fourth-order valence-electron chi connectivity index (χ4n) is 8.44. The molecular weight excluding hydrogens is 512 g/mol. The Morgan fingerprint density at radius 2 is 0.950 bits per heavy atom. The average molecular weight is 561 g/mol. The van der Waals surface area contributed by atoms with Gasteiger partial charge in [-0.2, -0.15) is 0 Å². The van der Waals surface area contributed by atoms with Gasteiger partial charge in [-0.15, -0.1) is 0 Å². The summed E-state index contributed by atoms with van der Waals surface area (Å²) in [6.45, 7) is 15.4. The summed E-state index contributed by atoms with van der Waals surface area (Å²) in [5, 5.41) is 21.7. The molecule has 0 aromatic rings. The smallest absolute Gasteiger partial charge is 0.235 e. The van der Waals surface area contributed by atoms with Crippen LogP contribution in [0, 0.1) is 33.5 Å². The van der Waals surface area contributed by atoms with Gasteiger partial charge < -0.3 is 10.2 Å². The van der Waals surface area contributed by atoms with Crippen LogP contribution < -0.4 is 0 Å². The molecule has 4 bridgehead atoms. The lowest BCUT2D eigenvalue weighted by atomic mass is 9.62. The lowest BCUT2D eigenvalue weighted by molar-refractivity contribution is -0.171. The molecule has 0 unspecified atom stereocenters. The van der Waals surface area contributed by atoms with Gasteiger partial charge in [-0.05, 0) is 36.5 Å². The summed E-state index contributed by atoms with van der Waals surface area (Å²) < 4.78 is 0. The van der Waals surface area contributed by atoms with Crippen molar-refractivity contribution >= 4 is 23.6 Å². The van der Waals surface area contributed by atoms with E-state index in [1.807, 2.05) is 41.5 Å². The summed E-state index contributed by atoms with van der Waals surface area (Å²) in [6, 6.07) is 0. The van der Waals surface area contributed by atoms with E-state index in [-0.39, 0.29) is 59.4 Å². The minimum absolute atomic E-state index is 0.0212. The van der Waals surface area contributed by atoms with Crippen LogP contribution in [0.15, 0.2) is 0 Å². The molecule has 224 valence electrons. The summed E-state index contributed by atoms with van der Waals surface area (Å²) in [5.41, 5.74) is -1.89. The predicted molar refractivity (Wildman–Crippen MR) is 148 cm³/mol. The molecule has 40 heavy (non-hydrogen) atoms. The summed E-state index contributed by atoms with van der Waals surface area (Å²) in [6.07, 6.45) is 1.18. The number of aliphatic hydroxyl groups is 2. The van der Waals surface area contributed by atoms with E-state index >= 15 is 0 Å². The zero-order valence-corrected chi connectivity index (χ0v) is 25.1. The summed E-state index contributed by atoms with van der Waals surface area (Å²) in [5.74, 6) is -0.997. The molecule has 0 spiro atoms. The Balaban J connectivity index is 1.09. The van der Waals surface area contributed by atoms with Crippen molar-refractivity contribution in [3.8, 4) is 0 Å². The van der Waals surface area contributed by atoms with Crippen molar-refractivity contribution in [3.05, 3.63) is 0 Å². The molecule has 5 rings (SSSR count). The van der Waals surface area contributed by atoms with E-state index in [9.17, 15) is 29.4 Å². The topological polar surface area (TPSA) is 122 Å². The van der Waals surface area contributed by atoms with Gasteiger partial charge in [-0.1, -0.05) is 41.5 Å². The number of fused-ring (bicyclic) bond motifs is 4. The third kappa shape index (κ3) is 4.27. The lowest BCUT2D eigenvalue weighted by Crippen LogP contribution is -2.61. The number of hydrogen-bond acceptors (Lipinski definition) is 8. The third-order valence-electron chi connectivity index (χ3n) is 12.2. The number of piperidine rings is 2. The van der Waals surface area contributed by atoms with Crippen LogP contribution in [0.2, 0.25) is 0 Å². The van der Waals surface area contributed by atoms with E-state index in [1.165, 1.54) is 9.80 Å². The van der Waals surface area contributed by atoms with E-state index in [0.717, 1.165) is 0 Å². The van der Waals surface area contributed by atoms with Crippen molar-refractivity contribution in [1.29, 1.82) is 0 Å². The number of hydrogen-bond donors (Lipinski definition) is 2. The van der Waals surface area contributed by atoms with Crippen LogP contribution in [0.25, 0.3) is 0 Å². The second kappa shape index (κ2) is 9.85. The van der Waals surface area contributed by atoms with Gasteiger partial charge in [0.1, 0.15) is 0 Å². The summed E-state index contributed by atoms with van der Waals surface area (Å²) >= 11 is 0. The molecule has 3 heterocycles. The van der Waals surface area contributed by atoms with Gasteiger partial charge in [0.15, 0.2) is 0 Å². The molecule has 10 nitrogen and oxygen atoms in total. The number of carbonyl (C=O) groups is 4. The average Bonchev–Trinajstić information content (AvgIpc) is 3.20. The Bertz CT molecular complexity index is 1000. The predicted octanol–water partition coefficient (Wildman–Crippen LogP) is 0.948. The Kier molecular flexibility index (Phi) is 7.29. The van der Waals surface area contributed by atoms with E-state index < -0.39 is 23.0 Å². The Morgan fingerprint density at radius 1 is 0.625 bits per heavy atom. The number of amides is 4. The molecule has 2 saturated carbocycles. The molecule has 5 fully saturated rings. The fraction of sp³-hybridized carbons (Fsp3) is 0.867. The largest absolute Gasteiger partial charge is 0.390 e. The molecule has 5 aliphatic rings. The van der Waals surface area contributed by atoms with Crippen molar-refractivity contribution in [2.45, 2.75) is 79.4 Å². The van der Waals surface area contributed by atoms with Gasteiger partial charge >= 0.3 is 0 Å². The minimum Gasteiger partial charge on any atom is -0.390 e. The first-order valence-electron chi connectivity index (χ1n) is 15.1. The molecule has 0 aromatic carbocycles. The highest BCUT2D eigenvalue weighted by Crippen LogP contribution is 2.61. The molecular formula is C30H48N4O6. The maximum atomic E-state index is 13.3. The van der Waals surface area contributed by atoms with Gasteiger partial charge in [0, 0.05) is 51.1 Å². The molecule has 2 aliphatic carbocycles. The van der Waals surface area contributed by atoms with Crippen LogP contribution >= 0.6 is 0 Å². The number of nitrogens with zero attached hydrogens (tertiary/aromatic N) is 4. The SMILES string of the molecule is CC1(C)[C@H]2CC[C@@]1(C)C(=O)N(C[C@@H](O)CN1CCN(C[C@@H](O)CN3C(=O)[C@H]4CC[C@](C)(C3=O)C4(C)C)CC1)C2=O. The molecule has 0 aromatic heterocycles. The summed E-state index contributed by atoms with van der Waals surface area (Å²) in [7, 11) is 0. The van der Waals surface area contributed by atoms with Gasteiger partial charge in [0.05, 0.1) is 36.1 Å². The standard InChI is InChI=1S/C30H48N4O6/c1-27(2)21-7-9-29(27,5)25(39)33(23(21)37)17-19(35)15-31-11-13-32(14-12-31)16-20(36)18-34-24(38)22-8-10-30(6,26(34)40)28(22,3)4/h19-22,35-36H,7-18H2,1-6H3/t19-,20+,21-,22+,29-,30+. The van der Waals surface area contributed by atoms with Gasteiger partial charge in [-0.3, -0.25) is 38.8 Å². The van der Waals surface area contributed by atoms with Crippen LogP contribution in [-0.2, 0) is 19.2 Å².